The van der Waals surface area contributed by atoms with Crippen LogP contribution in [0.2, 0.25) is 0 Å². The molecule has 20 heavy (non-hydrogen) atoms. The minimum atomic E-state index is 0.366. The summed E-state index contributed by atoms with van der Waals surface area (Å²) < 4.78 is 0. The third-order valence-corrected chi connectivity index (χ3v) is 6.62. The SMILES string of the molecule is CCN1CCC23CCCC2(CCc2c(O)cccc23)C1. The fourth-order valence-electron chi connectivity index (χ4n) is 5.63. The highest BCUT2D eigenvalue weighted by atomic mass is 16.3. The molecule has 2 atom stereocenters. The maximum absolute atomic E-state index is 10.2. The zero-order valence-electron chi connectivity index (χ0n) is 12.5. The first-order valence-electron chi connectivity index (χ1n) is 8.24. The summed E-state index contributed by atoms with van der Waals surface area (Å²) in [5.74, 6) is 0.537. The van der Waals surface area contributed by atoms with Crippen LogP contribution >= 0.6 is 0 Å². The van der Waals surface area contributed by atoms with E-state index < -0.39 is 0 Å². The van der Waals surface area contributed by atoms with Crippen molar-refractivity contribution >= 4 is 0 Å². The molecular formula is C18H25NO. The van der Waals surface area contributed by atoms with E-state index in [1.807, 2.05) is 6.07 Å². The summed E-state index contributed by atoms with van der Waals surface area (Å²) in [6, 6.07) is 6.25. The van der Waals surface area contributed by atoms with Gasteiger partial charge in [0.1, 0.15) is 5.75 Å². The van der Waals surface area contributed by atoms with Gasteiger partial charge in [-0.25, -0.2) is 0 Å². The van der Waals surface area contributed by atoms with E-state index in [4.69, 9.17) is 0 Å². The van der Waals surface area contributed by atoms with Crippen LogP contribution in [0.5, 0.6) is 5.75 Å². The first-order valence-corrected chi connectivity index (χ1v) is 8.24. The van der Waals surface area contributed by atoms with Crippen molar-refractivity contribution in [2.24, 2.45) is 5.41 Å². The Bertz CT molecular complexity index is 540. The van der Waals surface area contributed by atoms with Crippen LogP contribution < -0.4 is 0 Å². The van der Waals surface area contributed by atoms with Gasteiger partial charge in [0.15, 0.2) is 0 Å². The van der Waals surface area contributed by atoms with Crippen molar-refractivity contribution in [3.8, 4) is 5.75 Å². The molecule has 1 N–H and O–H groups in total. The topological polar surface area (TPSA) is 23.5 Å². The molecule has 4 rings (SSSR count). The molecule has 2 fully saturated rings. The lowest BCUT2D eigenvalue weighted by molar-refractivity contribution is 0.00911. The van der Waals surface area contributed by atoms with Crippen molar-refractivity contribution in [3.05, 3.63) is 29.3 Å². The number of hydrogen-bond donors (Lipinski definition) is 1. The van der Waals surface area contributed by atoms with Crippen molar-refractivity contribution in [1.82, 2.24) is 4.90 Å². The van der Waals surface area contributed by atoms with Crippen LogP contribution in [0, 0.1) is 5.41 Å². The van der Waals surface area contributed by atoms with Crippen LogP contribution in [-0.2, 0) is 11.8 Å². The molecule has 2 unspecified atom stereocenters. The van der Waals surface area contributed by atoms with E-state index in [9.17, 15) is 5.11 Å². The Morgan fingerprint density at radius 3 is 2.95 bits per heavy atom. The second-order valence-corrected chi connectivity index (χ2v) is 7.14. The molecule has 1 saturated heterocycles. The van der Waals surface area contributed by atoms with E-state index in [0.717, 1.165) is 6.42 Å². The molecule has 0 spiro atoms. The van der Waals surface area contributed by atoms with E-state index in [-0.39, 0.29) is 0 Å². The third-order valence-electron chi connectivity index (χ3n) is 6.62. The highest BCUT2D eigenvalue weighted by molar-refractivity contribution is 5.48. The molecule has 108 valence electrons. The second-order valence-electron chi connectivity index (χ2n) is 7.14. The first kappa shape index (κ1) is 12.7. The fraction of sp³-hybridized carbons (Fsp3) is 0.667. The molecule has 0 bridgehead atoms. The van der Waals surface area contributed by atoms with Crippen LogP contribution in [0.15, 0.2) is 18.2 Å². The lowest BCUT2D eigenvalue weighted by atomic mass is 9.52. The van der Waals surface area contributed by atoms with E-state index in [1.54, 1.807) is 0 Å². The number of piperidine rings is 1. The highest BCUT2D eigenvalue weighted by Crippen LogP contribution is 2.64. The maximum atomic E-state index is 10.2. The standard InChI is InChI=1S/C18H25NO/c1-2-19-12-11-18-9-4-8-17(18,13-19)10-7-14-15(18)5-3-6-16(14)20/h3,5-6,20H,2,4,7-13H2,1H3. The zero-order valence-corrected chi connectivity index (χ0v) is 12.5. The molecule has 1 aromatic carbocycles. The van der Waals surface area contributed by atoms with Crippen molar-refractivity contribution in [3.63, 3.8) is 0 Å². The molecule has 1 aromatic rings. The van der Waals surface area contributed by atoms with Gasteiger partial charge in [-0.15, -0.1) is 0 Å². The van der Waals surface area contributed by atoms with Crippen molar-refractivity contribution in [1.29, 1.82) is 0 Å². The Morgan fingerprint density at radius 1 is 1.20 bits per heavy atom. The van der Waals surface area contributed by atoms with Gasteiger partial charge in [-0.05, 0) is 67.8 Å². The molecule has 2 heteroatoms. The average molecular weight is 271 g/mol. The summed E-state index contributed by atoms with van der Waals surface area (Å²) in [5, 5.41) is 10.2. The smallest absolute Gasteiger partial charge is 0.119 e. The predicted octanol–water partition coefficient (Wildman–Crippen LogP) is 3.47. The van der Waals surface area contributed by atoms with Gasteiger partial charge in [0.05, 0.1) is 0 Å². The minimum Gasteiger partial charge on any atom is -0.508 e. The van der Waals surface area contributed by atoms with Crippen LogP contribution in [0.1, 0.15) is 50.2 Å². The van der Waals surface area contributed by atoms with Gasteiger partial charge in [0, 0.05) is 12.0 Å². The maximum Gasteiger partial charge on any atom is 0.119 e. The highest BCUT2D eigenvalue weighted by Gasteiger charge is 2.59. The number of nitrogens with zero attached hydrogens (tertiary/aromatic N) is 1. The third kappa shape index (κ3) is 1.43. The van der Waals surface area contributed by atoms with Crippen LogP contribution in [0.25, 0.3) is 0 Å². The summed E-state index contributed by atoms with van der Waals surface area (Å²) in [5.41, 5.74) is 3.61. The van der Waals surface area contributed by atoms with E-state index >= 15 is 0 Å². The van der Waals surface area contributed by atoms with Crippen LogP contribution in [0.4, 0.5) is 0 Å². The summed E-state index contributed by atoms with van der Waals surface area (Å²) >= 11 is 0. The number of likely N-dealkylation sites (tertiary alicyclic amines) is 1. The van der Waals surface area contributed by atoms with Crippen molar-refractivity contribution in [2.45, 2.75) is 50.9 Å². The lowest BCUT2D eigenvalue weighted by Gasteiger charge is -2.56. The van der Waals surface area contributed by atoms with Crippen LogP contribution in [0.3, 0.4) is 0 Å². The van der Waals surface area contributed by atoms with Gasteiger partial charge < -0.3 is 10.0 Å². The molecule has 3 aliphatic rings. The van der Waals surface area contributed by atoms with Crippen molar-refractivity contribution in [2.75, 3.05) is 19.6 Å². The zero-order chi connectivity index (χ0) is 13.8. The van der Waals surface area contributed by atoms with Gasteiger partial charge in [-0.3, -0.25) is 0 Å². The normalized spacial score (nSPS) is 36.2. The Labute approximate surface area is 121 Å². The molecular weight excluding hydrogens is 246 g/mol. The van der Waals surface area contributed by atoms with Crippen molar-refractivity contribution < 1.29 is 5.11 Å². The number of phenolic OH excluding ortho intramolecular Hbond substituents is 1. The Kier molecular flexibility index (Phi) is 2.69. The Balaban J connectivity index is 1.86. The number of hydrogen-bond acceptors (Lipinski definition) is 2. The van der Waals surface area contributed by atoms with Gasteiger partial charge >= 0.3 is 0 Å². The molecule has 2 aliphatic carbocycles. The van der Waals surface area contributed by atoms with Gasteiger partial charge in [0.2, 0.25) is 0 Å². The molecule has 0 amide bonds. The monoisotopic (exact) mass is 271 g/mol. The molecule has 0 radical (unpaired) electrons. The number of rotatable bonds is 1. The average Bonchev–Trinajstić information content (AvgIpc) is 2.87. The largest absolute Gasteiger partial charge is 0.508 e. The minimum absolute atomic E-state index is 0.366. The summed E-state index contributed by atoms with van der Waals surface area (Å²) in [6.45, 7) is 5.98. The predicted molar refractivity (Wildman–Crippen MR) is 81.1 cm³/mol. The van der Waals surface area contributed by atoms with Gasteiger partial charge in [-0.2, -0.15) is 0 Å². The quantitative estimate of drug-likeness (QED) is 0.845. The number of phenols is 1. The summed E-state index contributed by atoms with van der Waals surface area (Å²) in [7, 11) is 0. The number of fused-ring (bicyclic) bond motifs is 1. The first-order chi connectivity index (χ1) is 9.71. The van der Waals surface area contributed by atoms with E-state index in [0.29, 0.717) is 16.6 Å². The molecule has 0 aromatic heterocycles. The second kappa shape index (κ2) is 4.24. The number of aromatic hydroxyl groups is 1. The summed E-state index contributed by atoms with van der Waals surface area (Å²) in [6.07, 6.45) is 7.72. The van der Waals surface area contributed by atoms with Gasteiger partial charge in [0.25, 0.3) is 0 Å². The molecule has 2 nitrogen and oxygen atoms in total. The van der Waals surface area contributed by atoms with Gasteiger partial charge in [-0.1, -0.05) is 25.5 Å². The molecule has 1 heterocycles. The van der Waals surface area contributed by atoms with E-state index in [1.165, 1.54) is 62.9 Å². The fourth-order valence-corrected chi connectivity index (χ4v) is 5.63. The molecule has 1 aliphatic heterocycles. The van der Waals surface area contributed by atoms with Crippen LogP contribution in [-0.4, -0.2) is 29.6 Å². The number of benzene rings is 1. The Hall–Kier alpha value is -1.02. The summed E-state index contributed by atoms with van der Waals surface area (Å²) in [4.78, 5) is 2.65. The Morgan fingerprint density at radius 2 is 2.10 bits per heavy atom. The lowest BCUT2D eigenvalue weighted by Crippen LogP contribution is -2.57. The van der Waals surface area contributed by atoms with E-state index in [2.05, 4.69) is 24.0 Å². The molecule has 1 saturated carbocycles.